The third-order valence-electron chi connectivity index (χ3n) is 1.88. The molecule has 5 heteroatoms. The van der Waals surface area contributed by atoms with Crippen LogP contribution in [0.25, 0.3) is 0 Å². The van der Waals surface area contributed by atoms with Crippen molar-refractivity contribution in [3.05, 3.63) is 29.8 Å². The Labute approximate surface area is 91.5 Å². The van der Waals surface area contributed by atoms with Gasteiger partial charge >= 0.3 is 0 Å². The Hall–Kier alpha value is -0.650. The van der Waals surface area contributed by atoms with Gasteiger partial charge in [-0.05, 0) is 25.1 Å². The van der Waals surface area contributed by atoms with Gasteiger partial charge in [-0.25, -0.2) is 8.78 Å². The molecule has 0 heterocycles. The van der Waals surface area contributed by atoms with Crippen molar-refractivity contribution in [1.82, 2.24) is 0 Å². The fourth-order valence-corrected chi connectivity index (χ4v) is 1.81. The second-order valence-corrected chi connectivity index (χ2v) is 4.61. The molecule has 84 valence electrons. The Kier molecular flexibility index (Phi) is 4.07. The lowest BCUT2D eigenvalue weighted by molar-refractivity contribution is 0.0949. The van der Waals surface area contributed by atoms with Crippen molar-refractivity contribution in [2.45, 2.75) is 17.4 Å². The lowest BCUT2D eigenvalue weighted by atomic mass is 10.1. The Balaban J connectivity index is 2.62. The number of nitrogens with two attached hydrogens (primary N) is 1. The summed E-state index contributed by atoms with van der Waals surface area (Å²) in [5.41, 5.74) is 4.34. The molecule has 3 N–H and O–H groups in total. The van der Waals surface area contributed by atoms with Crippen molar-refractivity contribution in [3.8, 4) is 0 Å². The predicted molar refractivity (Wildman–Crippen MR) is 56.8 cm³/mol. The molecular weight excluding hydrogens is 220 g/mol. The molecule has 0 spiro atoms. The van der Waals surface area contributed by atoms with E-state index in [4.69, 9.17) is 5.73 Å². The summed E-state index contributed by atoms with van der Waals surface area (Å²) in [6, 6.07) is 3.64. The molecule has 0 bridgehead atoms. The van der Waals surface area contributed by atoms with E-state index in [-0.39, 0.29) is 6.54 Å². The van der Waals surface area contributed by atoms with Crippen LogP contribution in [0.4, 0.5) is 8.78 Å². The van der Waals surface area contributed by atoms with Crippen molar-refractivity contribution in [2.75, 3.05) is 12.3 Å². The molecule has 0 aliphatic carbocycles. The highest BCUT2D eigenvalue weighted by Gasteiger charge is 2.18. The van der Waals surface area contributed by atoms with Gasteiger partial charge in [-0.2, -0.15) is 0 Å². The van der Waals surface area contributed by atoms with Crippen molar-refractivity contribution in [3.63, 3.8) is 0 Å². The van der Waals surface area contributed by atoms with Crippen LogP contribution in [0.2, 0.25) is 0 Å². The van der Waals surface area contributed by atoms with Gasteiger partial charge in [0.25, 0.3) is 0 Å². The first-order chi connectivity index (χ1) is 6.94. The number of hydrogen-bond donors (Lipinski definition) is 2. The maximum atomic E-state index is 12.8. The molecule has 1 rings (SSSR count). The molecule has 0 aliphatic heterocycles. The largest absolute Gasteiger partial charge is 0.388 e. The van der Waals surface area contributed by atoms with Gasteiger partial charge in [0.1, 0.15) is 0 Å². The van der Waals surface area contributed by atoms with Crippen LogP contribution in [0.5, 0.6) is 0 Å². The maximum absolute atomic E-state index is 12.8. The zero-order valence-corrected chi connectivity index (χ0v) is 9.15. The zero-order chi connectivity index (χ0) is 11.5. The molecule has 0 aliphatic rings. The molecular formula is C10H13F2NOS. The van der Waals surface area contributed by atoms with E-state index in [1.165, 1.54) is 17.8 Å². The summed E-state index contributed by atoms with van der Waals surface area (Å²) in [4.78, 5) is 0.572. The van der Waals surface area contributed by atoms with Crippen LogP contribution in [0.15, 0.2) is 23.1 Å². The first-order valence-electron chi connectivity index (χ1n) is 4.45. The molecule has 1 aromatic rings. The van der Waals surface area contributed by atoms with Crippen LogP contribution in [0.1, 0.15) is 6.92 Å². The van der Waals surface area contributed by atoms with E-state index in [1.54, 1.807) is 6.92 Å². The van der Waals surface area contributed by atoms with Gasteiger partial charge in [0, 0.05) is 17.2 Å². The SMILES string of the molecule is CC(O)(CN)CSc1ccc(F)c(F)c1. The Bertz CT molecular complexity index is 344. The molecule has 2 nitrogen and oxygen atoms in total. The van der Waals surface area contributed by atoms with Gasteiger partial charge < -0.3 is 10.8 Å². The summed E-state index contributed by atoms with van der Waals surface area (Å²) in [5, 5.41) is 9.59. The molecule has 1 aromatic carbocycles. The van der Waals surface area contributed by atoms with Crippen LogP contribution < -0.4 is 5.73 Å². The lowest BCUT2D eigenvalue weighted by Gasteiger charge is -2.20. The topological polar surface area (TPSA) is 46.2 Å². The van der Waals surface area contributed by atoms with E-state index >= 15 is 0 Å². The number of hydrogen-bond acceptors (Lipinski definition) is 3. The van der Waals surface area contributed by atoms with Crippen LogP contribution in [-0.2, 0) is 0 Å². The number of halogens is 2. The van der Waals surface area contributed by atoms with E-state index in [2.05, 4.69) is 0 Å². The molecule has 0 radical (unpaired) electrons. The van der Waals surface area contributed by atoms with E-state index in [0.717, 1.165) is 12.1 Å². The Morgan fingerprint density at radius 3 is 2.60 bits per heavy atom. The first kappa shape index (κ1) is 12.4. The van der Waals surface area contributed by atoms with E-state index in [1.807, 2.05) is 0 Å². The highest BCUT2D eigenvalue weighted by molar-refractivity contribution is 7.99. The standard InChI is InChI=1S/C10H13F2NOS/c1-10(14,5-13)6-15-7-2-3-8(11)9(12)4-7/h2-4,14H,5-6,13H2,1H3. The summed E-state index contributed by atoms with van der Waals surface area (Å²) in [7, 11) is 0. The molecule has 0 amide bonds. The predicted octanol–water partition coefficient (Wildman–Crippen LogP) is 1.77. The van der Waals surface area contributed by atoms with Crippen molar-refractivity contribution in [1.29, 1.82) is 0 Å². The first-order valence-corrected chi connectivity index (χ1v) is 5.43. The summed E-state index contributed by atoms with van der Waals surface area (Å²) >= 11 is 1.24. The molecule has 0 aromatic heterocycles. The van der Waals surface area contributed by atoms with Crippen LogP contribution in [-0.4, -0.2) is 23.0 Å². The van der Waals surface area contributed by atoms with Crippen LogP contribution in [0.3, 0.4) is 0 Å². The smallest absolute Gasteiger partial charge is 0.159 e. The fraction of sp³-hybridized carbons (Fsp3) is 0.400. The summed E-state index contributed by atoms with van der Waals surface area (Å²) < 4.78 is 25.4. The molecule has 1 unspecified atom stereocenters. The van der Waals surface area contributed by atoms with Crippen molar-refractivity contribution >= 4 is 11.8 Å². The second-order valence-electron chi connectivity index (χ2n) is 3.57. The summed E-state index contributed by atoms with van der Waals surface area (Å²) in [6.45, 7) is 1.73. The number of thioether (sulfide) groups is 1. The normalized spacial score (nSPS) is 15.0. The van der Waals surface area contributed by atoms with E-state index in [9.17, 15) is 13.9 Å². The van der Waals surface area contributed by atoms with E-state index < -0.39 is 17.2 Å². The van der Waals surface area contributed by atoms with Crippen molar-refractivity contribution in [2.24, 2.45) is 5.73 Å². The number of aliphatic hydroxyl groups is 1. The number of benzene rings is 1. The quantitative estimate of drug-likeness (QED) is 0.779. The molecule has 0 saturated carbocycles. The third kappa shape index (κ3) is 3.77. The molecule has 0 saturated heterocycles. The Morgan fingerprint density at radius 2 is 2.07 bits per heavy atom. The lowest BCUT2D eigenvalue weighted by Crippen LogP contribution is -2.36. The van der Waals surface area contributed by atoms with Gasteiger partial charge in [-0.1, -0.05) is 0 Å². The minimum absolute atomic E-state index is 0.129. The molecule has 15 heavy (non-hydrogen) atoms. The minimum Gasteiger partial charge on any atom is -0.388 e. The average Bonchev–Trinajstić information content (AvgIpc) is 2.20. The average molecular weight is 233 g/mol. The van der Waals surface area contributed by atoms with Crippen LogP contribution in [0, 0.1) is 11.6 Å². The van der Waals surface area contributed by atoms with Crippen LogP contribution >= 0.6 is 11.8 Å². The highest BCUT2D eigenvalue weighted by Crippen LogP contribution is 2.23. The minimum atomic E-state index is -0.991. The second kappa shape index (κ2) is 4.92. The zero-order valence-electron chi connectivity index (χ0n) is 8.34. The summed E-state index contributed by atoms with van der Waals surface area (Å²) in [5.74, 6) is -1.41. The van der Waals surface area contributed by atoms with Gasteiger partial charge in [-0.15, -0.1) is 11.8 Å². The van der Waals surface area contributed by atoms with Gasteiger partial charge in [0.2, 0.25) is 0 Å². The molecule has 0 fully saturated rings. The van der Waals surface area contributed by atoms with E-state index in [0.29, 0.717) is 10.6 Å². The third-order valence-corrected chi connectivity index (χ3v) is 3.23. The monoisotopic (exact) mass is 233 g/mol. The Morgan fingerprint density at radius 1 is 1.40 bits per heavy atom. The van der Waals surface area contributed by atoms with Crippen molar-refractivity contribution < 1.29 is 13.9 Å². The van der Waals surface area contributed by atoms with Gasteiger partial charge in [0.15, 0.2) is 11.6 Å². The fourth-order valence-electron chi connectivity index (χ4n) is 0.864. The highest BCUT2D eigenvalue weighted by atomic mass is 32.2. The summed E-state index contributed by atoms with van der Waals surface area (Å²) in [6.07, 6.45) is 0. The maximum Gasteiger partial charge on any atom is 0.159 e. The van der Waals surface area contributed by atoms with Gasteiger partial charge in [0.05, 0.1) is 5.60 Å². The molecule has 1 atom stereocenters. The van der Waals surface area contributed by atoms with Gasteiger partial charge in [-0.3, -0.25) is 0 Å². The number of rotatable bonds is 4.